The molecule has 158 valence electrons. The summed E-state index contributed by atoms with van der Waals surface area (Å²) in [5, 5.41) is 3.73. The van der Waals surface area contributed by atoms with E-state index >= 15 is 0 Å². The number of nitrogens with zero attached hydrogens (tertiary/aromatic N) is 2. The third-order valence-corrected chi connectivity index (χ3v) is 5.46. The highest BCUT2D eigenvalue weighted by Gasteiger charge is 2.28. The van der Waals surface area contributed by atoms with Crippen molar-refractivity contribution < 1.29 is 9.53 Å². The molecule has 3 rings (SSSR count). The zero-order valence-electron chi connectivity index (χ0n) is 18.1. The fourth-order valence-corrected chi connectivity index (χ4v) is 3.96. The number of carbonyl (C=O) groups excluding carboxylic acids is 1. The van der Waals surface area contributed by atoms with Gasteiger partial charge in [0.1, 0.15) is 16.5 Å². The molecule has 0 spiro atoms. The molecule has 0 atom stereocenters. The first-order valence-electron chi connectivity index (χ1n) is 10.3. The van der Waals surface area contributed by atoms with Crippen molar-refractivity contribution in [2.75, 3.05) is 17.7 Å². The van der Waals surface area contributed by atoms with Crippen molar-refractivity contribution in [3.8, 4) is 5.75 Å². The predicted octanol–water partition coefficient (Wildman–Crippen LogP) is 5.48. The van der Waals surface area contributed by atoms with Gasteiger partial charge < -0.3 is 10.1 Å². The number of aryl methyl sites for hydroxylation is 1. The summed E-state index contributed by atoms with van der Waals surface area (Å²) in [4.78, 5) is 21.9. The van der Waals surface area contributed by atoms with Crippen LogP contribution in [0.4, 0.5) is 5.69 Å². The molecule has 6 heteroatoms. The summed E-state index contributed by atoms with van der Waals surface area (Å²) in [6.45, 7) is 8.81. The summed E-state index contributed by atoms with van der Waals surface area (Å²) in [6.07, 6.45) is 2.15. The Morgan fingerprint density at radius 3 is 2.60 bits per heavy atom. The van der Waals surface area contributed by atoms with Gasteiger partial charge >= 0.3 is 0 Å². The van der Waals surface area contributed by atoms with Gasteiger partial charge in [-0.15, -0.1) is 0 Å². The molecule has 0 saturated carbocycles. The number of nitrogens with one attached hydrogen (secondary N) is 1. The van der Waals surface area contributed by atoms with Crippen molar-refractivity contribution in [1.29, 1.82) is 0 Å². The lowest BCUT2D eigenvalue weighted by molar-refractivity contribution is -0.113. The Balaban J connectivity index is 1.64. The molecule has 0 unspecified atom stereocenters. The standard InChI is InChI=1S/C24H29N3O2S/c1-5-6-14-29-20-12-10-18(11-13-20)22-23(27-24(3,4)26-22)30-16-21(28)25-19-9-7-8-17(2)15-19/h7-13,15H,5-6,14,16H2,1-4H3,(H,25,28). The van der Waals surface area contributed by atoms with Gasteiger partial charge in [0, 0.05) is 11.3 Å². The van der Waals surface area contributed by atoms with E-state index in [0.29, 0.717) is 0 Å². The zero-order chi connectivity index (χ0) is 21.6. The fraction of sp³-hybridized carbons (Fsp3) is 0.375. The monoisotopic (exact) mass is 423 g/mol. The second-order valence-corrected chi connectivity index (χ2v) is 8.77. The molecule has 1 aliphatic heterocycles. The van der Waals surface area contributed by atoms with E-state index < -0.39 is 5.66 Å². The maximum absolute atomic E-state index is 12.4. The van der Waals surface area contributed by atoms with Gasteiger partial charge in [-0.05, 0) is 69.2 Å². The maximum atomic E-state index is 12.4. The maximum Gasteiger partial charge on any atom is 0.234 e. The molecule has 0 bridgehead atoms. The van der Waals surface area contributed by atoms with E-state index in [1.807, 2.05) is 69.3 Å². The van der Waals surface area contributed by atoms with E-state index in [2.05, 4.69) is 12.2 Å². The van der Waals surface area contributed by atoms with Crippen molar-refractivity contribution in [3.63, 3.8) is 0 Å². The van der Waals surface area contributed by atoms with Crippen LogP contribution in [0.1, 0.15) is 44.7 Å². The lowest BCUT2D eigenvalue weighted by Crippen LogP contribution is -2.17. The minimum atomic E-state index is -0.527. The Kier molecular flexibility index (Phi) is 7.32. The van der Waals surface area contributed by atoms with E-state index in [1.165, 1.54) is 11.8 Å². The van der Waals surface area contributed by atoms with E-state index in [9.17, 15) is 4.79 Å². The summed E-state index contributed by atoms with van der Waals surface area (Å²) in [5.41, 5.74) is 3.20. The SMILES string of the molecule is CCCCOc1ccc(C2=NC(C)(C)N=C2SCC(=O)Nc2cccc(C)c2)cc1. The van der Waals surface area contributed by atoms with Gasteiger partial charge in [0.2, 0.25) is 5.91 Å². The summed E-state index contributed by atoms with van der Waals surface area (Å²) < 4.78 is 5.75. The van der Waals surface area contributed by atoms with Crippen molar-refractivity contribution in [2.45, 2.75) is 46.2 Å². The molecular weight excluding hydrogens is 394 g/mol. The van der Waals surface area contributed by atoms with Gasteiger partial charge in [-0.25, -0.2) is 4.99 Å². The van der Waals surface area contributed by atoms with Crippen LogP contribution in [-0.2, 0) is 4.79 Å². The van der Waals surface area contributed by atoms with Crippen LogP contribution in [-0.4, -0.2) is 34.7 Å². The third kappa shape index (κ3) is 6.20. The lowest BCUT2D eigenvalue weighted by Gasteiger charge is -2.09. The van der Waals surface area contributed by atoms with Gasteiger partial charge in [0.15, 0.2) is 0 Å². The molecule has 2 aromatic rings. The molecule has 0 aromatic heterocycles. The minimum absolute atomic E-state index is 0.0583. The van der Waals surface area contributed by atoms with Crippen LogP contribution in [0.15, 0.2) is 58.5 Å². The number of thioether (sulfide) groups is 1. The summed E-state index contributed by atoms with van der Waals surface area (Å²) in [5.74, 6) is 1.07. The first-order chi connectivity index (χ1) is 14.4. The average Bonchev–Trinajstić information content (AvgIpc) is 3.02. The second kappa shape index (κ2) is 9.94. The number of anilines is 1. The lowest BCUT2D eigenvalue weighted by atomic mass is 10.1. The molecule has 1 N–H and O–H groups in total. The molecule has 2 aromatic carbocycles. The Labute approximate surface area is 183 Å². The normalized spacial score (nSPS) is 14.8. The first-order valence-corrected chi connectivity index (χ1v) is 11.3. The van der Waals surface area contributed by atoms with Crippen LogP contribution in [0, 0.1) is 6.92 Å². The van der Waals surface area contributed by atoms with Gasteiger partial charge in [0.05, 0.1) is 18.1 Å². The van der Waals surface area contributed by atoms with E-state index in [-0.39, 0.29) is 11.7 Å². The van der Waals surface area contributed by atoms with Gasteiger partial charge in [-0.3, -0.25) is 9.79 Å². The number of rotatable bonds is 8. The molecule has 0 fully saturated rings. The number of unbranched alkanes of at least 4 members (excludes halogenated alkanes) is 1. The highest BCUT2D eigenvalue weighted by atomic mass is 32.2. The van der Waals surface area contributed by atoms with Crippen LogP contribution < -0.4 is 10.1 Å². The highest BCUT2D eigenvalue weighted by Crippen LogP contribution is 2.27. The van der Waals surface area contributed by atoms with E-state index in [1.54, 1.807) is 0 Å². The molecule has 1 aliphatic rings. The van der Waals surface area contributed by atoms with Crippen molar-refractivity contribution in [1.82, 2.24) is 0 Å². The number of hydrogen-bond acceptors (Lipinski definition) is 5. The van der Waals surface area contributed by atoms with Crippen LogP contribution in [0.3, 0.4) is 0 Å². The topological polar surface area (TPSA) is 63.1 Å². The molecule has 30 heavy (non-hydrogen) atoms. The molecule has 1 amide bonds. The zero-order valence-corrected chi connectivity index (χ0v) is 18.9. The number of amides is 1. The average molecular weight is 424 g/mol. The Bertz CT molecular complexity index is 949. The Morgan fingerprint density at radius 2 is 1.90 bits per heavy atom. The number of benzene rings is 2. The van der Waals surface area contributed by atoms with Crippen molar-refractivity contribution in [2.24, 2.45) is 9.98 Å². The molecule has 0 radical (unpaired) electrons. The molecule has 1 heterocycles. The first kappa shape index (κ1) is 22.1. The van der Waals surface area contributed by atoms with Crippen LogP contribution in [0.5, 0.6) is 5.75 Å². The summed E-state index contributed by atoms with van der Waals surface area (Å²) >= 11 is 1.42. The fourth-order valence-electron chi connectivity index (χ4n) is 3.03. The minimum Gasteiger partial charge on any atom is -0.494 e. The molecule has 5 nitrogen and oxygen atoms in total. The number of ether oxygens (including phenoxy) is 1. The third-order valence-electron chi connectivity index (χ3n) is 4.50. The quantitative estimate of drug-likeness (QED) is 0.572. The largest absolute Gasteiger partial charge is 0.494 e. The Hall–Kier alpha value is -2.60. The van der Waals surface area contributed by atoms with Gasteiger partial charge in [-0.2, -0.15) is 0 Å². The smallest absolute Gasteiger partial charge is 0.234 e. The van der Waals surface area contributed by atoms with Gasteiger partial charge in [0.25, 0.3) is 0 Å². The molecule has 0 aliphatic carbocycles. The molecular formula is C24H29N3O2S. The number of carbonyl (C=O) groups is 1. The highest BCUT2D eigenvalue weighted by molar-refractivity contribution is 8.16. The predicted molar refractivity (Wildman–Crippen MR) is 127 cm³/mol. The number of aliphatic imine (C=N–C) groups is 2. The van der Waals surface area contributed by atoms with Gasteiger partial charge in [-0.1, -0.05) is 37.2 Å². The molecule has 0 saturated heterocycles. The van der Waals surface area contributed by atoms with Crippen molar-refractivity contribution in [3.05, 3.63) is 59.7 Å². The van der Waals surface area contributed by atoms with Crippen LogP contribution in [0.2, 0.25) is 0 Å². The van der Waals surface area contributed by atoms with E-state index in [0.717, 1.165) is 52.8 Å². The Morgan fingerprint density at radius 1 is 1.13 bits per heavy atom. The van der Waals surface area contributed by atoms with Crippen LogP contribution >= 0.6 is 11.8 Å². The summed E-state index contributed by atoms with van der Waals surface area (Å²) in [6, 6.07) is 15.7. The van der Waals surface area contributed by atoms with E-state index in [4.69, 9.17) is 14.7 Å². The van der Waals surface area contributed by atoms with Crippen LogP contribution in [0.25, 0.3) is 0 Å². The number of hydrogen-bond donors (Lipinski definition) is 1. The van der Waals surface area contributed by atoms with Crippen molar-refractivity contribution >= 4 is 34.1 Å². The second-order valence-electron chi connectivity index (χ2n) is 7.80. The summed E-state index contributed by atoms with van der Waals surface area (Å²) in [7, 11) is 0.